The Morgan fingerprint density at radius 2 is 1.88 bits per heavy atom. The molecule has 2 heterocycles. The van der Waals surface area contributed by atoms with Crippen LogP contribution in [0.5, 0.6) is 5.75 Å². The molecule has 0 saturated heterocycles. The minimum atomic E-state index is -0.133. The molecule has 0 radical (unpaired) electrons. The number of fused-ring (bicyclic) bond motifs is 2. The molecule has 0 saturated carbocycles. The summed E-state index contributed by atoms with van der Waals surface area (Å²) >= 11 is 0. The Hall–Kier alpha value is -2.33. The van der Waals surface area contributed by atoms with Gasteiger partial charge in [0.15, 0.2) is 0 Å². The molecule has 1 N–H and O–H groups in total. The van der Waals surface area contributed by atoms with E-state index in [4.69, 9.17) is 4.74 Å². The van der Waals surface area contributed by atoms with Crippen LogP contribution < -0.4 is 10.1 Å². The van der Waals surface area contributed by atoms with Gasteiger partial charge in [-0.25, -0.2) is 0 Å². The van der Waals surface area contributed by atoms with Crippen LogP contribution in [0, 0.1) is 0 Å². The number of hydrogen-bond donors (Lipinski definition) is 1. The fourth-order valence-electron chi connectivity index (χ4n) is 4.14. The van der Waals surface area contributed by atoms with E-state index in [0.717, 1.165) is 25.1 Å². The van der Waals surface area contributed by atoms with Crippen LogP contribution >= 0.6 is 0 Å². The quantitative estimate of drug-likeness (QED) is 0.922. The zero-order valence-electron chi connectivity index (χ0n) is 15.5. The Balaban J connectivity index is 1.33. The van der Waals surface area contributed by atoms with Gasteiger partial charge < -0.3 is 10.1 Å². The minimum absolute atomic E-state index is 0.0337. The van der Waals surface area contributed by atoms with Crippen LogP contribution in [-0.4, -0.2) is 36.5 Å². The molecule has 0 bridgehead atoms. The molecule has 4 heteroatoms. The van der Waals surface area contributed by atoms with Crippen molar-refractivity contribution in [3.63, 3.8) is 0 Å². The summed E-state index contributed by atoms with van der Waals surface area (Å²) in [6.45, 7) is 6.28. The number of nitrogens with one attached hydrogen (secondary N) is 1. The monoisotopic (exact) mass is 350 g/mol. The van der Waals surface area contributed by atoms with E-state index in [1.165, 1.54) is 16.7 Å². The lowest BCUT2D eigenvalue weighted by Gasteiger charge is -2.43. The average molecular weight is 350 g/mol. The maximum atomic E-state index is 12.5. The summed E-state index contributed by atoms with van der Waals surface area (Å²) in [5.74, 6) is 1.01. The minimum Gasteiger partial charge on any atom is -0.488 e. The van der Waals surface area contributed by atoms with E-state index in [1.54, 1.807) is 0 Å². The van der Waals surface area contributed by atoms with E-state index in [-0.39, 0.29) is 17.6 Å². The highest BCUT2D eigenvalue weighted by Gasteiger charge is 2.35. The van der Waals surface area contributed by atoms with Crippen molar-refractivity contribution in [2.75, 3.05) is 19.6 Å². The molecule has 136 valence electrons. The van der Waals surface area contributed by atoms with Gasteiger partial charge in [0.2, 0.25) is 5.91 Å². The Bertz CT molecular complexity index is 790. The van der Waals surface area contributed by atoms with Crippen molar-refractivity contribution in [1.82, 2.24) is 10.2 Å². The molecule has 0 spiro atoms. The second kappa shape index (κ2) is 6.76. The van der Waals surface area contributed by atoms with Crippen LogP contribution in [0.15, 0.2) is 48.5 Å². The van der Waals surface area contributed by atoms with Gasteiger partial charge in [-0.3, -0.25) is 9.69 Å². The lowest BCUT2D eigenvalue weighted by atomic mass is 9.83. The predicted octanol–water partition coefficient (Wildman–Crippen LogP) is 2.90. The van der Waals surface area contributed by atoms with Crippen LogP contribution in [-0.2, 0) is 23.2 Å². The number of hydrogen-bond acceptors (Lipinski definition) is 3. The van der Waals surface area contributed by atoms with Gasteiger partial charge in [0, 0.05) is 18.5 Å². The van der Waals surface area contributed by atoms with Crippen LogP contribution in [0.1, 0.15) is 30.5 Å². The molecule has 0 fully saturated rings. The van der Waals surface area contributed by atoms with Gasteiger partial charge in [-0.2, -0.15) is 0 Å². The fraction of sp³-hybridized carbons (Fsp3) is 0.409. The number of ether oxygens (including phenoxy) is 1. The van der Waals surface area contributed by atoms with E-state index in [2.05, 4.69) is 54.4 Å². The normalized spacial score (nSPS) is 20.8. The molecule has 1 amide bonds. The second-order valence-electron chi connectivity index (χ2n) is 7.74. The number of nitrogens with zero attached hydrogens (tertiary/aromatic N) is 1. The van der Waals surface area contributed by atoms with E-state index in [1.807, 2.05) is 18.2 Å². The van der Waals surface area contributed by atoms with E-state index < -0.39 is 0 Å². The van der Waals surface area contributed by atoms with Crippen LogP contribution in [0.4, 0.5) is 0 Å². The summed E-state index contributed by atoms with van der Waals surface area (Å²) in [5.41, 5.74) is 3.81. The number of carbonyl (C=O) groups is 1. The van der Waals surface area contributed by atoms with Crippen molar-refractivity contribution in [1.29, 1.82) is 0 Å². The smallest absolute Gasteiger partial charge is 0.234 e. The molecule has 2 aliphatic heterocycles. The number of amides is 1. The molecular weight excluding hydrogens is 324 g/mol. The van der Waals surface area contributed by atoms with Crippen LogP contribution in [0.3, 0.4) is 0 Å². The third-order valence-electron chi connectivity index (χ3n) is 5.69. The molecule has 4 nitrogen and oxygen atoms in total. The first-order valence-electron chi connectivity index (χ1n) is 9.39. The molecule has 2 aliphatic rings. The third-order valence-corrected chi connectivity index (χ3v) is 5.69. The summed E-state index contributed by atoms with van der Waals surface area (Å²) in [7, 11) is 0. The average Bonchev–Trinajstić information content (AvgIpc) is 3.06. The third kappa shape index (κ3) is 3.21. The Morgan fingerprint density at radius 3 is 2.69 bits per heavy atom. The molecule has 0 aromatic heterocycles. The van der Waals surface area contributed by atoms with Gasteiger partial charge in [-0.15, -0.1) is 0 Å². The van der Waals surface area contributed by atoms with Crippen molar-refractivity contribution >= 4 is 5.91 Å². The lowest BCUT2D eigenvalue weighted by molar-refractivity contribution is -0.124. The summed E-state index contributed by atoms with van der Waals surface area (Å²) in [5, 5.41) is 3.06. The summed E-state index contributed by atoms with van der Waals surface area (Å²) < 4.78 is 5.91. The number of rotatable bonds is 4. The summed E-state index contributed by atoms with van der Waals surface area (Å²) in [4.78, 5) is 14.8. The SMILES string of the molecule is CC1(C)c2ccccc2CCN1CC(=O)NC[C@@H]1Cc2ccccc2O1. The number of para-hydroxylation sites is 1. The maximum absolute atomic E-state index is 12.5. The van der Waals surface area contributed by atoms with E-state index in [0.29, 0.717) is 13.1 Å². The molecule has 0 aliphatic carbocycles. The first-order valence-corrected chi connectivity index (χ1v) is 9.39. The van der Waals surface area contributed by atoms with Gasteiger partial charge in [0.1, 0.15) is 11.9 Å². The van der Waals surface area contributed by atoms with Crippen molar-refractivity contribution in [3.05, 3.63) is 65.2 Å². The Morgan fingerprint density at radius 1 is 1.15 bits per heavy atom. The summed E-state index contributed by atoms with van der Waals surface area (Å²) in [6, 6.07) is 16.6. The van der Waals surface area contributed by atoms with Crippen molar-refractivity contribution in [2.45, 2.75) is 38.3 Å². The van der Waals surface area contributed by atoms with Gasteiger partial charge >= 0.3 is 0 Å². The molecule has 26 heavy (non-hydrogen) atoms. The fourth-order valence-corrected chi connectivity index (χ4v) is 4.14. The maximum Gasteiger partial charge on any atom is 0.234 e. The standard InChI is InChI=1S/C22H26N2O2/c1-22(2)19-9-5-3-7-16(19)11-12-24(22)15-21(25)23-14-18-13-17-8-4-6-10-20(17)26-18/h3-10,18H,11-15H2,1-2H3,(H,23,25)/t18-/m0/s1. The molecule has 0 unspecified atom stereocenters. The first-order chi connectivity index (χ1) is 12.5. The number of benzene rings is 2. The molecular formula is C22H26N2O2. The lowest BCUT2D eigenvalue weighted by Crippen LogP contribution is -2.51. The topological polar surface area (TPSA) is 41.6 Å². The highest BCUT2D eigenvalue weighted by Crippen LogP contribution is 2.34. The van der Waals surface area contributed by atoms with Crippen molar-refractivity contribution in [2.24, 2.45) is 0 Å². The summed E-state index contributed by atoms with van der Waals surface area (Å²) in [6.07, 6.45) is 1.89. The van der Waals surface area contributed by atoms with Gasteiger partial charge in [0.05, 0.1) is 13.1 Å². The van der Waals surface area contributed by atoms with E-state index in [9.17, 15) is 4.79 Å². The van der Waals surface area contributed by atoms with Gasteiger partial charge in [0.25, 0.3) is 0 Å². The van der Waals surface area contributed by atoms with Crippen LogP contribution in [0.2, 0.25) is 0 Å². The molecule has 2 aromatic rings. The Labute approximate surface area is 155 Å². The molecule has 4 rings (SSSR count). The predicted molar refractivity (Wildman–Crippen MR) is 102 cm³/mol. The van der Waals surface area contributed by atoms with Gasteiger partial charge in [-0.05, 0) is 43.0 Å². The highest BCUT2D eigenvalue weighted by atomic mass is 16.5. The zero-order chi connectivity index (χ0) is 18.1. The largest absolute Gasteiger partial charge is 0.488 e. The zero-order valence-corrected chi connectivity index (χ0v) is 15.5. The van der Waals surface area contributed by atoms with Crippen molar-refractivity contribution in [3.8, 4) is 5.75 Å². The van der Waals surface area contributed by atoms with E-state index >= 15 is 0 Å². The van der Waals surface area contributed by atoms with Crippen molar-refractivity contribution < 1.29 is 9.53 Å². The first kappa shape index (κ1) is 17.1. The Kier molecular flexibility index (Phi) is 4.45. The number of carbonyl (C=O) groups excluding carboxylic acids is 1. The van der Waals surface area contributed by atoms with Crippen LogP contribution in [0.25, 0.3) is 0 Å². The van der Waals surface area contributed by atoms with Gasteiger partial charge in [-0.1, -0.05) is 42.5 Å². The molecule has 2 aromatic carbocycles. The highest BCUT2D eigenvalue weighted by molar-refractivity contribution is 5.78. The molecule has 1 atom stereocenters. The second-order valence-corrected chi connectivity index (χ2v) is 7.74.